The summed E-state index contributed by atoms with van der Waals surface area (Å²) in [5.74, 6) is -3.54. The molecule has 7 atom stereocenters. The van der Waals surface area contributed by atoms with E-state index in [1.54, 1.807) is 43.3 Å². The Morgan fingerprint density at radius 2 is 2.07 bits per heavy atom. The number of likely N-dealkylation sites (tertiary alicyclic amines) is 1. The molecule has 2 N–H and O–H groups in total. The van der Waals surface area contributed by atoms with Gasteiger partial charge in [-0.15, -0.1) is 13.2 Å². The fraction of sp³-hybridized carbons (Fsp3) is 0.533. The van der Waals surface area contributed by atoms with E-state index >= 15 is 0 Å². The van der Waals surface area contributed by atoms with Gasteiger partial charge in [0.25, 0.3) is 5.91 Å². The van der Waals surface area contributed by atoms with Crippen LogP contribution in [0.4, 0.5) is 5.69 Å². The molecule has 0 aliphatic carbocycles. The van der Waals surface area contributed by atoms with Crippen molar-refractivity contribution < 1.29 is 33.8 Å². The maximum atomic E-state index is 14.4. The number of aliphatic hydroxyl groups excluding tert-OH is 1. The molecule has 4 rings (SSSR count). The molecule has 1 aromatic carbocycles. The third kappa shape index (κ3) is 6.02. The lowest BCUT2D eigenvalue weighted by Crippen LogP contribution is -2.57. The molecule has 42 heavy (non-hydrogen) atoms. The molecule has 10 nitrogen and oxygen atoms in total. The van der Waals surface area contributed by atoms with Crippen molar-refractivity contribution in [3.8, 4) is 0 Å². The van der Waals surface area contributed by atoms with Crippen molar-refractivity contribution in [2.75, 3.05) is 31.1 Å². The highest BCUT2D eigenvalue weighted by Gasteiger charge is 2.77. The van der Waals surface area contributed by atoms with Crippen LogP contribution in [0.2, 0.25) is 5.02 Å². The number of amides is 3. The first-order valence-corrected chi connectivity index (χ1v) is 15.4. The molecule has 3 saturated heterocycles. The molecule has 0 aromatic heterocycles. The number of hydrogen-bond acceptors (Lipinski definition) is 7. The number of halogens is 2. The van der Waals surface area contributed by atoms with Crippen molar-refractivity contribution in [1.29, 1.82) is 0 Å². The van der Waals surface area contributed by atoms with Crippen LogP contribution >= 0.6 is 27.5 Å². The van der Waals surface area contributed by atoms with E-state index in [0.29, 0.717) is 23.6 Å². The molecule has 1 aromatic rings. The minimum Gasteiger partial charge on any atom is -0.460 e. The third-order valence-corrected chi connectivity index (χ3v) is 9.22. The minimum absolute atomic E-state index is 0.102. The Hall–Kier alpha value is -2.73. The van der Waals surface area contributed by atoms with Crippen molar-refractivity contribution in [2.24, 2.45) is 11.8 Å². The molecule has 3 heterocycles. The molecule has 2 bridgehead atoms. The topological polar surface area (TPSA) is 125 Å². The minimum atomic E-state index is -1.30. The van der Waals surface area contributed by atoms with Gasteiger partial charge >= 0.3 is 5.97 Å². The SMILES string of the molecule is C=CCCC(=O)NC[C@H](C)OC(=O)[C@@H]1[C@H]2O[C@@]3(CC2Br)[C@H](C(=O)N(CC=C)c2ccccc2Cl)N(CCCO)C(=O)[C@@H]13. The van der Waals surface area contributed by atoms with Crippen LogP contribution in [0.5, 0.6) is 0 Å². The Morgan fingerprint density at radius 1 is 1.33 bits per heavy atom. The van der Waals surface area contributed by atoms with Crippen LogP contribution in [0, 0.1) is 11.8 Å². The van der Waals surface area contributed by atoms with Gasteiger partial charge in [0.1, 0.15) is 17.7 Å². The van der Waals surface area contributed by atoms with Crippen LogP contribution in [0.25, 0.3) is 0 Å². The number of para-hydroxylation sites is 1. The van der Waals surface area contributed by atoms with Crippen LogP contribution in [-0.2, 0) is 28.7 Å². The molecule has 12 heteroatoms. The number of nitrogens with one attached hydrogen (secondary N) is 1. The number of alkyl halides is 1. The number of benzene rings is 1. The predicted molar refractivity (Wildman–Crippen MR) is 161 cm³/mol. The first-order valence-electron chi connectivity index (χ1n) is 14.1. The zero-order valence-electron chi connectivity index (χ0n) is 23.5. The molecule has 3 aliphatic heterocycles. The number of hydrogen-bond donors (Lipinski definition) is 2. The average molecular weight is 667 g/mol. The van der Waals surface area contributed by atoms with Gasteiger partial charge in [0.2, 0.25) is 11.8 Å². The molecule has 0 saturated carbocycles. The van der Waals surface area contributed by atoms with E-state index in [0.717, 1.165) is 0 Å². The molecule has 1 unspecified atom stereocenters. The van der Waals surface area contributed by atoms with Crippen molar-refractivity contribution in [3.05, 3.63) is 54.6 Å². The lowest BCUT2D eigenvalue weighted by atomic mass is 9.70. The molecular formula is C30H37BrClN3O7. The monoisotopic (exact) mass is 665 g/mol. The largest absolute Gasteiger partial charge is 0.460 e. The van der Waals surface area contributed by atoms with E-state index in [9.17, 15) is 24.3 Å². The molecular weight excluding hydrogens is 630 g/mol. The smallest absolute Gasteiger partial charge is 0.312 e. The molecule has 3 fully saturated rings. The molecule has 1 spiro atoms. The van der Waals surface area contributed by atoms with Crippen LogP contribution in [0.1, 0.15) is 32.6 Å². The van der Waals surface area contributed by atoms with Gasteiger partial charge in [0, 0.05) is 30.9 Å². The lowest BCUT2D eigenvalue weighted by molar-refractivity contribution is -0.159. The van der Waals surface area contributed by atoms with Crippen molar-refractivity contribution in [3.63, 3.8) is 0 Å². The Morgan fingerprint density at radius 3 is 2.74 bits per heavy atom. The van der Waals surface area contributed by atoms with Crippen molar-refractivity contribution in [2.45, 2.75) is 61.3 Å². The first kappa shape index (κ1) is 32.2. The fourth-order valence-electron chi connectivity index (χ4n) is 6.31. The van der Waals surface area contributed by atoms with E-state index in [4.69, 9.17) is 21.1 Å². The summed E-state index contributed by atoms with van der Waals surface area (Å²) in [6.07, 6.45) is 3.25. The highest BCUT2D eigenvalue weighted by Crippen LogP contribution is 2.60. The summed E-state index contributed by atoms with van der Waals surface area (Å²) < 4.78 is 12.2. The highest BCUT2D eigenvalue weighted by atomic mass is 79.9. The lowest BCUT2D eigenvalue weighted by Gasteiger charge is -2.37. The number of nitrogens with zero attached hydrogens (tertiary/aromatic N) is 2. The number of carbonyl (C=O) groups excluding carboxylic acids is 4. The summed E-state index contributed by atoms with van der Waals surface area (Å²) in [6, 6.07) is 5.83. The van der Waals surface area contributed by atoms with Gasteiger partial charge in [-0.3, -0.25) is 19.2 Å². The second kappa shape index (κ2) is 13.7. The van der Waals surface area contributed by atoms with Crippen molar-refractivity contribution in [1.82, 2.24) is 10.2 Å². The van der Waals surface area contributed by atoms with Gasteiger partial charge in [0.05, 0.1) is 35.2 Å². The van der Waals surface area contributed by atoms with Crippen LogP contribution in [-0.4, -0.2) is 88.6 Å². The Balaban J connectivity index is 1.63. The number of esters is 1. The average Bonchev–Trinajstić information content (AvgIpc) is 3.55. The van der Waals surface area contributed by atoms with E-state index in [1.807, 2.05) is 0 Å². The van der Waals surface area contributed by atoms with Gasteiger partial charge < -0.3 is 29.7 Å². The number of allylic oxidation sites excluding steroid dienone is 1. The maximum Gasteiger partial charge on any atom is 0.312 e. The molecule has 228 valence electrons. The summed E-state index contributed by atoms with van der Waals surface area (Å²) in [6.45, 7) is 9.21. The van der Waals surface area contributed by atoms with E-state index in [1.165, 1.54) is 9.80 Å². The normalized spacial score (nSPS) is 28.2. The fourth-order valence-corrected chi connectivity index (χ4v) is 7.49. The summed E-state index contributed by atoms with van der Waals surface area (Å²) in [5, 5.41) is 12.7. The van der Waals surface area contributed by atoms with Gasteiger partial charge in [-0.1, -0.05) is 51.8 Å². The van der Waals surface area contributed by atoms with Gasteiger partial charge in [-0.25, -0.2) is 0 Å². The van der Waals surface area contributed by atoms with Crippen LogP contribution in [0.3, 0.4) is 0 Å². The zero-order valence-corrected chi connectivity index (χ0v) is 25.9. The zero-order chi connectivity index (χ0) is 30.6. The molecule has 0 radical (unpaired) electrons. The summed E-state index contributed by atoms with van der Waals surface area (Å²) in [4.78, 5) is 56.7. The third-order valence-electron chi connectivity index (χ3n) is 8.05. The Kier molecular flexibility index (Phi) is 10.5. The van der Waals surface area contributed by atoms with E-state index in [2.05, 4.69) is 34.4 Å². The van der Waals surface area contributed by atoms with Gasteiger partial charge in [-0.05, 0) is 38.3 Å². The van der Waals surface area contributed by atoms with Crippen LogP contribution < -0.4 is 10.2 Å². The maximum absolute atomic E-state index is 14.4. The summed E-state index contributed by atoms with van der Waals surface area (Å²) in [5.41, 5.74) is -0.837. The number of carbonyl (C=O) groups is 4. The summed E-state index contributed by atoms with van der Waals surface area (Å²) in [7, 11) is 0. The second-order valence-corrected chi connectivity index (χ2v) is 12.4. The van der Waals surface area contributed by atoms with Crippen LogP contribution in [0.15, 0.2) is 49.6 Å². The Bertz CT molecular complexity index is 1230. The second-order valence-electron chi connectivity index (χ2n) is 10.8. The van der Waals surface area contributed by atoms with E-state index < -0.39 is 53.5 Å². The van der Waals surface area contributed by atoms with E-state index in [-0.39, 0.29) is 49.8 Å². The van der Waals surface area contributed by atoms with Crippen molar-refractivity contribution >= 4 is 56.9 Å². The standard InChI is InChI=1S/C30H37BrClN3O7/c1-4-6-12-22(37)33-17-18(3)41-29(40)23-24-27(38)35(14-9-15-36)26(30(24)16-19(31)25(23)42-30)28(39)34(13-5-2)21-11-8-7-10-20(21)32/h4-5,7-8,10-11,18-19,23-26,36H,1-2,6,9,12-17H2,3H3,(H,33,37)/t18-,19?,23-,24+,25-,26-,30+/m0/s1. The van der Waals surface area contributed by atoms with Gasteiger partial charge in [0.15, 0.2) is 0 Å². The number of aliphatic hydroxyl groups is 1. The molecule has 3 amide bonds. The Labute approximate surface area is 259 Å². The quantitative estimate of drug-likeness (QED) is 0.178. The van der Waals surface area contributed by atoms with Gasteiger partial charge in [-0.2, -0.15) is 0 Å². The number of fused-ring (bicyclic) bond motifs is 1. The number of rotatable bonds is 14. The highest BCUT2D eigenvalue weighted by molar-refractivity contribution is 9.09. The predicted octanol–water partition coefficient (Wildman–Crippen LogP) is 3.00. The summed E-state index contributed by atoms with van der Waals surface area (Å²) >= 11 is 10.1. The first-order chi connectivity index (χ1) is 20.1. The number of ether oxygens (including phenoxy) is 2. The molecule has 3 aliphatic rings. The number of anilines is 1.